The van der Waals surface area contributed by atoms with E-state index in [-0.39, 0.29) is 5.75 Å². The van der Waals surface area contributed by atoms with Gasteiger partial charge in [0.25, 0.3) is 0 Å². The van der Waals surface area contributed by atoms with Gasteiger partial charge in [-0.3, -0.25) is 4.90 Å². The molecule has 1 fully saturated rings. The highest BCUT2D eigenvalue weighted by Gasteiger charge is 2.21. The van der Waals surface area contributed by atoms with Crippen LogP contribution >= 0.6 is 0 Å². The van der Waals surface area contributed by atoms with E-state index >= 15 is 0 Å². The molecule has 0 bridgehead atoms. The van der Waals surface area contributed by atoms with Gasteiger partial charge in [0.15, 0.2) is 0 Å². The first-order valence-corrected chi connectivity index (χ1v) is 6.69. The second-order valence-electron chi connectivity index (χ2n) is 3.64. The molecule has 3 N–H and O–H groups in total. The molecule has 1 aliphatic rings. The normalized spacial score (nSPS) is 23.2. The Bertz CT molecular complexity index is 260. The van der Waals surface area contributed by atoms with Crippen molar-refractivity contribution in [3.8, 4) is 0 Å². The molecule has 0 spiro atoms. The van der Waals surface area contributed by atoms with Crippen LogP contribution in [0.3, 0.4) is 0 Å². The molecule has 0 amide bonds. The summed E-state index contributed by atoms with van der Waals surface area (Å²) in [6.07, 6.45) is 1.10. The lowest BCUT2D eigenvalue weighted by Crippen LogP contribution is -2.40. The van der Waals surface area contributed by atoms with E-state index in [1.165, 1.54) is 0 Å². The third-order valence-corrected chi connectivity index (χ3v) is 3.37. The Kier molecular flexibility index (Phi) is 4.31. The first-order valence-electron chi connectivity index (χ1n) is 4.98. The molecule has 1 rings (SSSR count). The Balaban J connectivity index is 2.38. The molecule has 0 radical (unpaired) electrons. The molecule has 1 atom stereocenters. The molecule has 1 aliphatic heterocycles. The highest BCUT2D eigenvalue weighted by Crippen LogP contribution is 2.07. The topological polar surface area (TPSA) is 75.4 Å². The predicted molar refractivity (Wildman–Crippen MR) is 56.5 cm³/mol. The number of primary sulfonamides is 1. The number of hydrogen-bond acceptors (Lipinski definition) is 4. The van der Waals surface area contributed by atoms with Crippen molar-refractivity contribution in [3.63, 3.8) is 0 Å². The van der Waals surface area contributed by atoms with Crippen LogP contribution in [0.25, 0.3) is 0 Å². The number of nitrogens with one attached hydrogen (secondary N) is 1. The highest BCUT2D eigenvalue weighted by atomic mass is 32.2. The summed E-state index contributed by atoms with van der Waals surface area (Å²) in [5.74, 6) is 0.0529. The highest BCUT2D eigenvalue weighted by molar-refractivity contribution is 7.89. The summed E-state index contributed by atoms with van der Waals surface area (Å²) in [6.45, 7) is 5.44. The molecule has 5 nitrogen and oxygen atoms in total. The van der Waals surface area contributed by atoms with E-state index in [2.05, 4.69) is 10.2 Å². The Morgan fingerprint density at radius 1 is 1.57 bits per heavy atom. The third-order valence-electron chi connectivity index (χ3n) is 2.62. The molecule has 6 heteroatoms. The molecular formula is C8H19N3O2S. The van der Waals surface area contributed by atoms with Crippen LogP contribution in [0.15, 0.2) is 0 Å². The van der Waals surface area contributed by atoms with Crippen LogP contribution in [0.5, 0.6) is 0 Å². The molecular weight excluding hydrogens is 202 g/mol. The monoisotopic (exact) mass is 221 g/mol. The minimum atomic E-state index is -3.32. The number of nitrogens with zero attached hydrogens (tertiary/aromatic N) is 1. The number of likely N-dealkylation sites (N-methyl/N-ethyl adjacent to an activating group) is 1. The van der Waals surface area contributed by atoms with Crippen molar-refractivity contribution in [1.29, 1.82) is 0 Å². The molecule has 0 aromatic carbocycles. The van der Waals surface area contributed by atoms with Gasteiger partial charge in [-0.2, -0.15) is 0 Å². The SMILES string of the molecule is CCN(CCS(N)(=O)=O)C1CCNC1. The summed E-state index contributed by atoms with van der Waals surface area (Å²) in [7, 11) is -3.32. The Labute approximate surface area is 85.7 Å². The zero-order valence-electron chi connectivity index (χ0n) is 8.57. The molecule has 1 heterocycles. The van der Waals surface area contributed by atoms with Crippen molar-refractivity contribution in [1.82, 2.24) is 10.2 Å². The second kappa shape index (κ2) is 5.06. The average molecular weight is 221 g/mol. The zero-order valence-corrected chi connectivity index (χ0v) is 9.39. The van der Waals surface area contributed by atoms with Crippen LogP contribution < -0.4 is 10.5 Å². The summed E-state index contributed by atoms with van der Waals surface area (Å²) in [4.78, 5) is 2.17. The van der Waals surface area contributed by atoms with E-state index < -0.39 is 10.0 Å². The fourth-order valence-corrected chi connectivity index (χ4v) is 2.28. The maximum absolute atomic E-state index is 10.8. The van der Waals surface area contributed by atoms with E-state index in [0.717, 1.165) is 26.1 Å². The van der Waals surface area contributed by atoms with Crippen molar-refractivity contribution in [2.75, 3.05) is 31.9 Å². The van der Waals surface area contributed by atoms with Gasteiger partial charge in [0.05, 0.1) is 5.75 Å². The first-order chi connectivity index (χ1) is 6.53. The zero-order chi connectivity index (χ0) is 10.6. The van der Waals surface area contributed by atoms with Gasteiger partial charge in [0, 0.05) is 19.1 Å². The van der Waals surface area contributed by atoms with E-state index in [9.17, 15) is 8.42 Å². The number of sulfonamides is 1. The largest absolute Gasteiger partial charge is 0.315 e. The van der Waals surface area contributed by atoms with Gasteiger partial charge in [0.2, 0.25) is 10.0 Å². The molecule has 0 aromatic heterocycles. The first kappa shape index (κ1) is 11.9. The van der Waals surface area contributed by atoms with Gasteiger partial charge < -0.3 is 5.32 Å². The molecule has 14 heavy (non-hydrogen) atoms. The van der Waals surface area contributed by atoms with Crippen molar-refractivity contribution in [3.05, 3.63) is 0 Å². The minimum Gasteiger partial charge on any atom is -0.315 e. The third kappa shape index (κ3) is 3.91. The van der Waals surface area contributed by atoms with Crippen LogP contribution in [0.2, 0.25) is 0 Å². The van der Waals surface area contributed by atoms with Crippen LogP contribution in [0, 0.1) is 0 Å². The van der Waals surface area contributed by atoms with Gasteiger partial charge in [-0.15, -0.1) is 0 Å². The fraction of sp³-hybridized carbons (Fsp3) is 1.00. The lowest BCUT2D eigenvalue weighted by Gasteiger charge is -2.26. The minimum absolute atomic E-state index is 0.0529. The maximum Gasteiger partial charge on any atom is 0.210 e. The smallest absolute Gasteiger partial charge is 0.210 e. The lowest BCUT2D eigenvalue weighted by molar-refractivity contribution is 0.232. The summed E-state index contributed by atoms with van der Waals surface area (Å²) in [5.41, 5.74) is 0. The maximum atomic E-state index is 10.8. The fourth-order valence-electron chi connectivity index (χ4n) is 1.79. The van der Waals surface area contributed by atoms with E-state index in [0.29, 0.717) is 12.6 Å². The summed E-state index contributed by atoms with van der Waals surface area (Å²) < 4.78 is 21.6. The quantitative estimate of drug-likeness (QED) is 0.622. The van der Waals surface area contributed by atoms with E-state index in [1.807, 2.05) is 6.92 Å². The van der Waals surface area contributed by atoms with Gasteiger partial charge in [-0.1, -0.05) is 6.92 Å². The Morgan fingerprint density at radius 2 is 2.29 bits per heavy atom. The Morgan fingerprint density at radius 3 is 2.71 bits per heavy atom. The van der Waals surface area contributed by atoms with Gasteiger partial charge in [0.1, 0.15) is 0 Å². The standard InChI is InChI=1S/C8H19N3O2S/c1-2-11(5-6-14(9,12)13)8-3-4-10-7-8/h8,10H,2-7H2,1H3,(H2,9,12,13). The molecule has 1 saturated heterocycles. The number of rotatable bonds is 5. The summed E-state index contributed by atoms with van der Waals surface area (Å²) in [5, 5.41) is 8.23. The molecule has 0 saturated carbocycles. The average Bonchev–Trinajstić information content (AvgIpc) is 2.56. The van der Waals surface area contributed by atoms with E-state index in [4.69, 9.17) is 5.14 Å². The van der Waals surface area contributed by atoms with E-state index in [1.54, 1.807) is 0 Å². The predicted octanol–water partition coefficient (Wildman–Crippen LogP) is -1.04. The number of nitrogens with two attached hydrogens (primary N) is 1. The Hall–Kier alpha value is -0.170. The van der Waals surface area contributed by atoms with Gasteiger partial charge in [-0.05, 0) is 19.5 Å². The molecule has 1 unspecified atom stereocenters. The van der Waals surface area contributed by atoms with Crippen molar-refractivity contribution < 1.29 is 8.42 Å². The van der Waals surface area contributed by atoms with Crippen LogP contribution in [0.1, 0.15) is 13.3 Å². The molecule has 0 aliphatic carbocycles. The summed E-state index contributed by atoms with van der Waals surface area (Å²) >= 11 is 0. The van der Waals surface area contributed by atoms with Crippen LogP contribution in [-0.2, 0) is 10.0 Å². The van der Waals surface area contributed by atoms with Gasteiger partial charge in [-0.25, -0.2) is 13.6 Å². The van der Waals surface area contributed by atoms with Gasteiger partial charge >= 0.3 is 0 Å². The van der Waals surface area contributed by atoms with Crippen LogP contribution in [-0.4, -0.2) is 51.3 Å². The second-order valence-corrected chi connectivity index (χ2v) is 5.38. The number of hydrogen-bond donors (Lipinski definition) is 2. The van der Waals surface area contributed by atoms with Crippen molar-refractivity contribution >= 4 is 10.0 Å². The summed E-state index contributed by atoms with van der Waals surface area (Å²) in [6, 6.07) is 0.474. The lowest BCUT2D eigenvalue weighted by atomic mass is 10.2. The molecule has 84 valence electrons. The van der Waals surface area contributed by atoms with Crippen molar-refractivity contribution in [2.45, 2.75) is 19.4 Å². The van der Waals surface area contributed by atoms with Crippen molar-refractivity contribution in [2.24, 2.45) is 5.14 Å². The van der Waals surface area contributed by atoms with Crippen LogP contribution in [0.4, 0.5) is 0 Å². The molecule has 0 aromatic rings.